The van der Waals surface area contributed by atoms with E-state index in [1.165, 1.54) is 0 Å². The highest BCUT2D eigenvalue weighted by Crippen LogP contribution is 2.29. The van der Waals surface area contributed by atoms with Crippen molar-refractivity contribution >= 4 is 21.8 Å². The number of nitrogens with zero attached hydrogens (tertiary/aromatic N) is 3. The van der Waals surface area contributed by atoms with Gasteiger partial charge in [-0.15, -0.1) is 0 Å². The molecule has 0 aliphatic carbocycles. The number of hydrogen-bond acceptors (Lipinski definition) is 3. The zero-order valence-electron chi connectivity index (χ0n) is 10.5. The minimum atomic E-state index is 0.105. The van der Waals surface area contributed by atoms with E-state index in [-0.39, 0.29) is 5.91 Å². The van der Waals surface area contributed by atoms with Gasteiger partial charge in [-0.05, 0) is 28.1 Å². The molecule has 0 aromatic carbocycles. The molecule has 2 aromatic rings. The first-order valence-corrected chi connectivity index (χ1v) is 6.88. The molecule has 5 nitrogen and oxygen atoms in total. The fourth-order valence-electron chi connectivity index (χ4n) is 2.35. The molecule has 0 spiro atoms. The van der Waals surface area contributed by atoms with Crippen molar-refractivity contribution in [2.45, 2.75) is 19.9 Å². The molecule has 98 valence electrons. The van der Waals surface area contributed by atoms with Gasteiger partial charge < -0.3 is 4.90 Å². The van der Waals surface area contributed by atoms with Gasteiger partial charge in [0.15, 0.2) is 0 Å². The zero-order valence-corrected chi connectivity index (χ0v) is 12.1. The Morgan fingerprint density at radius 3 is 3.11 bits per heavy atom. The smallest absolute Gasteiger partial charge is 0.219 e. The van der Waals surface area contributed by atoms with Gasteiger partial charge in [-0.25, -0.2) is 4.98 Å². The summed E-state index contributed by atoms with van der Waals surface area (Å²) in [4.78, 5) is 17.5. The van der Waals surface area contributed by atoms with Crippen LogP contribution in [0.1, 0.15) is 18.2 Å². The molecule has 3 rings (SSSR count). The number of carbonyl (C=O) groups is 1. The van der Waals surface area contributed by atoms with Crippen LogP contribution < -0.4 is 0 Å². The molecule has 19 heavy (non-hydrogen) atoms. The number of aromatic amines is 1. The van der Waals surface area contributed by atoms with E-state index in [0.29, 0.717) is 6.54 Å². The molecular weight excluding hydrogens is 308 g/mol. The van der Waals surface area contributed by atoms with E-state index in [1.807, 2.05) is 17.0 Å². The van der Waals surface area contributed by atoms with Gasteiger partial charge in [-0.3, -0.25) is 9.89 Å². The topological polar surface area (TPSA) is 61.9 Å². The van der Waals surface area contributed by atoms with Crippen LogP contribution in [0.25, 0.3) is 11.3 Å². The van der Waals surface area contributed by atoms with E-state index in [2.05, 4.69) is 31.1 Å². The third-order valence-corrected chi connectivity index (χ3v) is 3.81. The normalized spacial score (nSPS) is 14.3. The Morgan fingerprint density at radius 2 is 2.37 bits per heavy atom. The lowest BCUT2D eigenvalue weighted by atomic mass is 10.0. The van der Waals surface area contributed by atoms with Crippen LogP contribution in [0.5, 0.6) is 0 Å². The molecule has 1 aliphatic rings. The molecule has 0 atom stereocenters. The number of carbonyl (C=O) groups excluding carboxylic acids is 1. The highest BCUT2D eigenvalue weighted by Gasteiger charge is 2.23. The Balaban J connectivity index is 2.01. The van der Waals surface area contributed by atoms with E-state index in [4.69, 9.17) is 0 Å². The monoisotopic (exact) mass is 320 g/mol. The molecule has 0 radical (unpaired) electrons. The summed E-state index contributed by atoms with van der Waals surface area (Å²) in [6.07, 6.45) is 2.57. The van der Waals surface area contributed by atoms with Crippen LogP contribution in [0, 0.1) is 0 Å². The number of H-pyrrole nitrogens is 1. The lowest BCUT2D eigenvalue weighted by molar-refractivity contribution is -0.129. The molecule has 1 N–H and O–H groups in total. The van der Waals surface area contributed by atoms with Gasteiger partial charge >= 0.3 is 0 Å². The maximum atomic E-state index is 11.5. The summed E-state index contributed by atoms with van der Waals surface area (Å²) in [7, 11) is 0. The number of amides is 1. The van der Waals surface area contributed by atoms with E-state index >= 15 is 0 Å². The van der Waals surface area contributed by atoms with Gasteiger partial charge in [0.1, 0.15) is 4.60 Å². The Hall–Kier alpha value is -1.69. The standard InChI is InChI=1S/C13H13BrN4O/c1-8(19)18-5-3-11-10(7-18)13(17-16-11)9-2-4-15-12(14)6-9/h2,4,6H,3,5,7H2,1H3,(H,16,17). The molecule has 2 aromatic heterocycles. The molecule has 0 saturated heterocycles. The third-order valence-electron chi connectivity index (χ3n) is 3.38. The molecule has 0 unspecified atom stereocenters. The number of hydrogen-bond donors (Lipinski definition) is 1. The van der Waals surface area contributed by atoms with E-state index in [0.717, 1.165) is 40.1 Å². The maximum Gasteiger partial charge on any atom is 0.219 e. The molecule has 0 saturated carbocycles. The molecule has 3 heterocycles. The summed E-state index contributed by atoms with van der Waals surface area (Å²) < 4.78 is 0.779. The Kier molecular flexibility index (Phi) is 3.10. The zero-order chi connectivity index (χ0) is 13.4. The first kappa shape index (κ1) is 12.3. The van der Waals surface area contributed by atoms with Crippen LogP contribution in [0.2, 0.25) is 0 Å². The van der Waals surface area contributed by atoms with Gasteiger partial charge in [-0.1, -0.05) is 0 Å². The fraction of sp³-hybridized carbons (Fsp3) is 0.308. The molecule has 0 bridgehead atoms. The SMILES string of the molecule is CC(=O)N1CCc2[nH]nc(-c3ccnc(Br)c3)c2C1. The van der Waals surface area contributed by atoms with Crippen molar-refractivity contribution < 1.29 is 4.79 Å². The minimum absolute atomic E-state index is 0.105. The predicted molar refractivity (Wildman–Crippen MR) is 74.3 cm³/mol. The van der Waals surface area contributed by atoms with Gasteiger partial charge in [0.25, 0.3) is 0 Å². The van der Waals surface area contributed by atoms with Crippen molar-refractivity contribution in [3.05, 3.63) is 34.2 Å². The summed E-state index contributed by atoms with van der Waals surface area (Å²) in [5.74, 6) is 0.105. The quantitative estimate of drug-likeness (QED) is 0.819. The highest BCUT2D eigenvalue weighted by atomic mass is 79.9. The molecule has 6 heteroatoms. The maximum absolute atomic E-state index is 11.5. The fourth-order valence-corrected chi connectivity index (χ4v) is 2.72. The summed E-state index contributed by atoms with van der Waals surface area (Å²) in [6, 6.07) is 3.86. The van der Waals surface area contributed by atoms with Gasteiger partial charge in [0.2, 0.25) is 5.91 Å². The van der Waals surface area contributed by atoms with Crippen LogP contribution in [0.4, 0.5) is 0 Å². The largest absolute Gasteiger partial charge is 0.338 e. The van der Waals surface area contributed by atoms with Gasteiger partial charge in [0.05, 0.1) is 5.69 Å². The summed E-state index contributed by atoms with van der Waals surface area (Å²) >= 11 is 3.37. The van der Waals surface area contributed by atoms with Crippen molar-refractivity contribution in [2.24, 2.45) is 0 Å². The van der Waals surface area contributed by atoms with E-state index < -0.39 is 0 Å². The average Bonchev–Trinajstić information content (AvgIpc) is 2.81. The highest BCUT2D eigenvalue weighted by molar-refractivity contribution is 9.10. The second-order valence-electron chi connectivity index (χ2n) is 4.59. The number of rotatable bonds is 1. The Labute approximate surface area is 119 Å². The van der Waals surface area contributed by atoms with Crippen molar-refractivity contribution in [3.8, 4) is 11.3 Å². The Morgan fingerprint density at radius 1 is 1.53 bits per heavy atom. The second-order valence-corrected chi connectivity index (χ2v) is 5.40. The van der Waals surface area contributed by atoms with E-state index in [9.17, 15) is 4.79 Å². The summed E-state index contributed by atoms with van der Waals surface area (Å²) in [5, 5.41) is 7.47. The second kappa shape index (κ2) is 4.77. The Bertz CT molecular complexity index is 637. The minimum Gasteiger partial charge on any atom is -0.338 e. The molecule has 1 amide bonds. The van der Waals surface area contributed by atoms with E-state index in [1.54, 1.807) is 13.1 Å². The number of nitrogens with one attached hydrogen (secondary N) is 1. The van der Waals surface area contributed by atoms with Crippen molar-refractivity contribution in [1.29, 1.82) is 0 Å². The first-order chi connectivity index (χ1) is 9.15. The molecule has 1 aliphatic heterocycles. The lowest BCUT2D eigenvalue weighted by Crippen LogP contribution is -2.34. The molecule has 0 fully saturated rings. The van der Waals surface area contributed by atoms with Crippen molar-refractivity contribution in [3.63, 3.8) is 0 Å². The van der Waals surface area contributed by atoms with Gasteiger partial charge in [-0.2, -0.15) is 5.10 Å². The van der Waals surface area contributed by atoms with Crippen molar-refractivity contribution in [1.82, 2.24) is 20.1 Å². The van der Waals surface area contributed by atoms with Crippen LogP contribution in [-0.4, -0.2) is 32.5 Å². The third kappa shape index (κ3) is 2.28. The average molecular weight is 321 g/mol. The van der Waals surface area contributed by atoms with Crippen molar-refractivity contribution in [2.75, 3.05) is 6.54 Å². The summed E-state index contributed by atoms with van der Waals surface area (Å²) in [5.41, 5.74) is 4.15. The predicted octanol–water partition coefficient (Wildman–Crippen LogP) is 2.14. The summed E-state index contributed by atoms with van der Waals surface area (Å²) in [6.45, 7) is 2.98. The van der Waals surface area contributed by atoms with Crippen LogP contribution >= 0.6 is 15.9 Å². The number of halogens is 1. The lowest BCUT2D eigenvalue weighted by Gasteiger charge is -2.25. The van der Waals surface area contributed by atoms with Gasteiger partial charge in [0, 0.05) is 49.5 Å². The van der Waals surface area contributed by atoms with Crippen LogP contribution in [0.3, 0.4) is 0 Å². The molecular formula is C13H13BrN4O. The van der Waals surface area contributed by atoms with Crippen LogP contribution in [0.15, 0.2) is 22.9 Å². The number of pyridine rings is 1. The number of aromatic nitrogens is 3. The van der Waals surface area contributed by atoms with Crippen LogP contribution in [-0.2, 0) is 17.8 Å². The first-order valence-electron chi connectivity index (χ1n) is 6.08. The number of fused-ring (bicyclic) bond motifs is 1.